The van der Waals surface area contributed by atoms with E-state index in [2.05, 4.69) is 5.32 Å². The van der Waals surface area contributed by atoms with Crippen LogP contribution < -0.4 is 11.1 Å². The smallest absolute Gasteiger partial charge is 0.239 e. The van der Waals surface area contributed by atoms with Crippen molar-refractivity contribution in [3.63, 3.8) is 0 Å². The fourth-order valence-electron chi connectivity index (χ4n) is 1.20. The first-order valence-corrected chi connectivity index (χ1v) is 6.71. The van der Waals surface area contributed by atoms with E-state index in [-0.39, 0.29) is 18.0 Å². The number of sulfone groups is 1. The Labute approximate surface area is 98.7 Å². The summed E-state index contributed by atoms with van der Waals surface area (Å²) in [4.78, 5) is 11.4. The number of hydrogen-bond acceptors (Lipinski definition) is 4. The lowest BCUT2D eigenvalue weighted by Gasteiger charge is -2.06. The second kappa shape index (κ2) is 5.74. The molecule has 1 aromatic carbocycles. The Bertz CT molecular complexity index is 502. The first kappa shape index (κ1) is 13.6. The number of para-hydroxylation sites is 1. The summed E-state index contributed by atoms with van der Waals surface area (Å²) in [6.45, 7) is -0.0463. The van der Waals surface area contributed by atoms with Crippen LogP contribution in [0.2, 0.25) is 0 Å². The fourth-order valence-corrected chi connectivity index (χ4v) is 2.18. The van der Waals surface area contributed by atoms with Gasteiger partial charge in [-0.05, 0) is 12.1 Å². The van der Waals surface area contributed by atoms with Crippen LogP contribution in [0.1, 0.15) is 0 Å². The minimum atomic E-state index is -3.52. The minimum absolute atomic E-state index is 0.0413. The van der Waals surface area contributed by atoms with E-state index in [1.165, 1.54) is 24.3 Å². The Morgan fingerprint density at radius 3 is 2.59 bits per heavy atom. The van der Waals surface area contributed by atoms with Crippen molar-refractivity contribution in [3.05, 3.63) is 30.1 Å². The Morgan fingerprint density at radius 2 is 2.00 bits per heavy atom. The molecule has 17 heavy (non-hydrogen) atoms. The zero-order chi connectivity index (χ0) is 12.9. The zero-order valence-electron chi connectivity index (χ0n) is 9.02. The minimum Gasteiger partial charge on any atom is -0.329 e. The van der Waals surface area contributed by atoms with Gasteiger partial charge in [-0.2, -0.15) is 0 Å². The predicted octanol–water partition coefficient (Wildman–Crippen LogP) is 0.138. The molecular formula is C10H13FN2O3S. The molecule has 0 saturated heterocycles. The van der Waals surface area contributed by atoms with Crippen LogP contribution in [0.3, 0.4) is 0 Å². The molecule has 3 N–H and O–H groups in total. The largest absolute Gasteiger partial charge is 0.329 e. The van der Waals surface area contributed by atoms with Crippen LogP contribution in [0.4, 0.5) is 10.1 Å². The van der Waals surface area contributed by atoms with Crippen molar-refractivity contribution in [2.24, 2.45) is 5.73 Å². The monoisotopic (exact) mass is 260 g/mol. The Kier molecular flexibility index (Phi) is 4.59. The highest BCUT2D eigenvalue weighted by atomic mass is 32.2. The zero-order valence-corrected chi connectivity index (χ0v) is 9.84. The van der Waals surface area contributed by atoms with E-state index in [9.17, 15) is 17.6 Å². The molecule has 1 aromatic rings. The van der Waals surface area contributed by atoms with E-state index in [1.807, 2.05) is 0 Å². The Hall–Kier alpha value is -1.47. The molecule has 0 aromatic heterocycles. The molecule has 0 radical (unpaired) electrons. The molecule has 0 saturated carbocycles. The summed E-state index contributed by atoms with van der Waals surface area (Å²) in [6.07, 6.45) is 0. The van der Waals surface area contributed by atoms with E-state index in [4.69, 9.17) is 5.73 Å². The maximum atomic E-state index is 13.1. The molecule has 0 aliphatic carbocycles. The van der Waals surface area contributed by atoms with Crippen molar-refractivity contribution < 1.29 is 17.6 Å². The topological polar surface area (TPSA) is 89.3 Å². The third kappa shape index (κ3) is 4.49. The number of hydrogen-bond donors (Lipinski definition) is 2. The van der Waals surface area contributed by atoms with Crippen LogP contribution in [0.25, 0.3) is 0 Å². The number of benzene rings is 1. The number of rotatable bonds is 5. The molecule has 0 aliphatic rings. The molecule has 0 heterocycles. The number of amides is 1. The molecule has 0 aliphatic heterocycles. The van der Waals surface area contributed by atoms with Crippen LogP contribution >= 0.6 is 0 Å². The van der Waals surface area contributed by atoms with E-state index < -0.39 is 27.3 Å². The van der Waals surface area contributed by atoms with Gasteiger partial charge in [0, 0.05) is 6.54 Å². The maximum absolute atomic E-state index is 13.1. The summed E-state index contributed by atoms with van der Waals surface area (Å²) < 4.78 is 35.7. The molecule has 0 fully saturated rings. The van der Waals surface area contributed by atoms with E-state index in [0.717, 1.165) is 0 Å². The van der Waals surface area contributed by atoms with Crippen LogP contribution in [-0.2, 0) is 14.6 Å². The van der Waals surface area contributed by atoms with Gasteiger partial charge in [-0.1, -0.05) is 12.1 Å². The molecule has 1 amide bonds. The molecule has 0 unspecified atom stereocenters. The first-order valence-electron chi connectivity index (χ1n) is 4.89. The average Bonchev–Trinajstić information content (AvgIpc) is 2.20. The highest BCUT2D eigenvalue weighted by molar-refractivity contribution is 7.92. The van der Waals surface area contributed by atoms with Crippen molar-refractivity contribution in [2.45, 2.75) is 0 Å². The van der Waals surface area contributed by atoms with Gasteiger partial charge in [0.15, 0.2) is 9.84 Å². The number of halogens is 1. The van der Waals surface area contributed by atoms with Gasteiger partial charge in [-0.25, -0.2) is 12.8 Å². The van der Waals surface area contributed by atoms with Gasteiger partial charge in [-0.3, -0.25) is 4.79 Å². The molecular weight excluding hydrogens is 247 g/mol. The predicted molar refractivity (Wildman–Crippen MR) is 62.7 cm³/mol. The lowest BCUT2D eigenvalue weighted by atomic mass is 10.3. The second-order valence-corrected chi connectivity index (χ2v) is 5.59. The van der Waals surface area contributed by atoms with Gasteiger partial charge in [-0.15, -0.1) is 0 Å². The van der Waals surface area contributed by atoms with Crippen molar-refractivity contribution >= 4 is 21.4 Å². The van der Waals surface area contributed by atoms with E-state index in [0.29, 0.717) is 0 Å². The summed E-state index contributed by atoms with van der Waals surface area (Å²) in [6, 6.07) is 5.52. The maximum Gasteiger partial charge on any atom is 0.239 e. The van der Waals surface area contributed by atoms with Crippen LogP contribution in [0.5, 0.6) is 0 Å². The average molecular weight is 260 g/mol. The van der Waals surface area contributed by atoms with Crippen LogP contribution in [0, 0.1) is 5.82 Å². The van der Waals surface area contributed by atoms with Gasteiger partial charge < -0.3 is 11.1 Å². The lowest BCUT2D eigenvalue weighted by molar-refractivity contribution is -0.113. The van der Waals surface area contributed by atoms with Crippen molar-refractivity contribution in [1.82, 2.24) is 0 Å². The van der Waals surface area contributed by atoms with Gasteiger partial charge in [0.05, 0.1) is 11.4 Å². The van der Waals surface area contributed by atoms with Crippen molar-refractivity contribution in [3.8, 4) is 0 Å². The van der Waals surface area contributed by atoms with Crippen molar-refractivity contribution in [2.75, 3.05) is 23.4 Å². The molecule has 5 nitrogen and oxygen atoms in total. The standard InChI is InChI=1S/C10H13FN2O3S/c11-8-3-1-2-4-9(8)13-10(14)7-17(15,16)6-5-12/h1-4H,5-7,12H2,(H,13,14). The number of nitrogens with one attached hydrogen (secondary N) is 1. The molecule has 0 spiro atoms. The highest BCUT2D eigenvalue weighted by Gasteiger charge is 2.16. The third-order valence-corrected chi connectivity index (χ3v) is 3.49. The third-order valence-electron chi connectivity index (χ3n) is 1.93. The van der Waals surface area contributed by atoms with Gasteiger partial charge in [0.1, 0.15) is 11.6 Å². The first-order chi connectivity index (χ1) is 7.94. The summed E-state index contributed by atoms with van der Waals surface area (Å²) in [5.41, 5.74) is 5.05. The van der Waals surface area contributed by atoms with Gasteiger partial charge in [0.25, 0.3) is 0 Å². The fraction of sp³-hybridized carbons (Fsp3) is 0.300. The van der Waals surface area contributed by atoms with Gasteiger partial charge >= 0.3 is 0 Å². The number of carbonyl (C=O) groups is 1. The van der Waals surface area contributed by atoms with Crippen molar-refractivity contribution in [1.29, 1.82) is 0 Å². The Balaban J connectivity index is 2.66. The Morgan fingerprint density at radius 1 is 1.35 bits per heavy atom. The summed E-state index contributed by atoms with van der Waals surface area (Å²) in [7, 11) is -3.52. The molecule has 0 bridgehead atoms. The summed E-state index contributed by atoms with van der Waals surface area (Å²) in [5.74, 6) is -2.35. The number of anilines is 1. The van der Waals surface area contributed by atoms with E-state index >= 15 is 0 Å². The van der Waals surface area contributed by atoms with Crippen LogP contribution in [-0.4, -0.2) is 32.4 Å². The molecule has 94 valence electrons. The normalized spacial score (nSPS) is 11.2. The van der Waals surface area contributed by atoms with Crippen LogP contribution in [0.15, 0.2) is 24.3 Å². The summed E-state index contributed by atoms with van der Waals surface area (Å²) in [5, 5.41) is 2.19. The molecule has 7 heteroatoms. The quantitative estimate of drug-likeness (QED) is 0.788. The summed E-state index contributed by atoms with van der Waals surface area (Å²) >= 11 is 0. The highest BCUT2D eigenvalue weighted by Crippen LogP contribution is 2.12. The van der Waals surface area contributed by atoms with Gasteiger partial charge in [0.2, 0.25) is 5.91 Å². The number of carbonyl (C=O) groups excluding carboxylic acids is 1. The second-order valence-electron chi connectivity index (χ2n) is 3.41. The van der Waals surface area contributed by atoms with E-state index in [1.54, 1.807) is 0 Å². The lowest BCUT2D eigenvalue weighted by Crippen LogP contribution is -2.27. The SMILES string of the molecule is NCCS(=O)(=O)CC(=O)Nc1ccccc1F. The molecule has 1 rings (SSSR count). The molecule has 0 atom stereocenters. The number of nitrogens with two attached hydrogens (primary N) is 1.